The smallest absolute Gasteiger partial charge is 0.164 e. The minimum atomic E-state index is -1.01. The van der Waals surface area contributed by atoms with E-state index >= 15 is 0 Å². The molecule has 0 aliphatic carbocycles. The van der Waals surface area contributed by atoms with Crippen molar-refractivity contribution in [1.82, 2.24) is 4.90 Å². The van der Waals surface area contributed by atoms with Gasteiger partial charge in [-0.2, -0.15) is 0 Å². The summed E-state index contributed by atoms with van der Waals surface area (Å²) in [5, 5.41) is 10.1. The zero-order valence-electron chi connectivity index (χ0n) is 10.6. The number of rotatable bonds is 3. The summed E-state index contributed by atoms with van der Waals surface area (Å²) in [5.74, 6) is -1.87. The first-order chi connectivity index (χ1) is 9.13. The summed E-state index contributed by atoms with van der Waals surface area (Å²) in [6.07, 6.45) is 1.54. The quantitative estimate of drug-likeness (QED) is 0.909. The molecule has 0 saturated carbocycles. The summed E-state index contributed by atoms with van der Waals surface area (Å²) < 4.78 is 32.4. The second kappa shape index (κ2) is 5.15. The molecule has 3 nitrogen and oxygen atoms in total. The molecule has 2 fully saturated rings. The van der Waals surface area contributed by atoms with Crippen LogP contribution in [0, 0.1) is 11.6 Å². The number of aliphatic hydroxyl groups excluding tert-OH is 1. The number of aliphatic hydroxyl groups is 1. The van der Waals surface area contributed by atoms with Crippen LogP contribution >= 0.6 is 0 Å². The Morgan fingerprint density at radius 3 is 2.63 bits per heavy atom. The van der Waals surface area contributed by atoms with Crippen LogP contribution in [-0.4, -0.2) is 41.8 Å². The Balaban J connectivity index is 1.68. The molecule has 1 aromatic rings. The van der Waals surface area contributed by atoms with Crippen molar-refractivity contribution < 1.29 is 18.6 Å². The molecule has 0 amide bonds. The molecule has 0 spiro atoms. The maximum absolute atomic E-state index is 13.6. The number of fused-ring (bicyclic) bond motifs is 2. The van der Waals surface area contributed by atoms with E-state index < -0.39 is 17.7 Å². The van der Waals surface area contributed by atoms with Crippen molar-refractivity contribution in [3.8, 4) is 0 Å². The highest BCUT2D eigenvalue weighted by molar-refractivity contribution is 5.21. The number of benzene rings is 1. The van der Waals surface area contributed by atoms with Crippen LogP contribution in [0.3, 0.4) is 0 Å². The molecule has 1 N–H and O–H groups in total. The van der Waals surface area contributed by atoms with Gasteiger partial charge in [-0.15, -0.1) is 0 Å². The van der Waals surface area contributed by atoms with Crippen LogP contribution < -0.4 is 0 Å². The van der Waals surface area contributed by atoms with Crippen molar-refractivity contribution in [2.45, 2.75) is 31.2 Å². The molecule has 3 atom stereocenters. The number of hydrogen-bond donors (Lipinski definition) is 1. The molecule has 0 aromatic heterocycles. The second-order valence-electron chi connectivity index (χ2n) is 5.33. The topological polar surface area (TPSA) is 32.7 Å². The maximum atomic E-state index is 13.6. The lowest BCUT2D eigenvalue weighted by Gasteiger charge is -2.33. The number of morpholine rings is 1. The molecule has 2 heterocycles. The molecule has 104 valence electrons. The molecule has 3 unspecified atom stereocenters. The molecule has 3 rings (SSSR count). The molecule has 19 heavy (non-hydrogen) atoms. The van der Waals surface area contributed by atoms with E-state index in [2.05, 4.69) is 4.90 Å². The maximum Gasteiger partial charge on any atom is 0.164 e. The normalized spacial score (nSPS) is 28.6. The Labute approximate surface area is 110 Å². The highest BCUT2D eigenvalue weighted by Gasteiger charge is 2.34. The summed E-state index contributed by atoms with van der Waals surface area (Å²) in [4.78, 5) is 2.07. The second-order valence-corrected chi connectivity index (χ2v) is 5.33. The molecule has 2 aliphatic heterocycles. The lowest BCUT2D eigenvalue weighted by atomic mass is 10.1. The fourth-order valence-corrected chi connectivity index (χ4v) is 2.97. The third-order valence-corrected chi connectivity index (χ3v) is 3.89. The van der Waals surface area contributed by atoms with Crippen LogP contribution in [0.15, 0.2) is 18.2 Å². The van der Waals surface area contributed by atoms with Gasteiger partial charge in [0, 0.05) is 25.2 Å². The van der Waals surface area contributed by atoms with E-state index in [1.165, 1.54) is 12.1 Å². The minimum absolute atomic E-state index is 0.0267. The first-order valence-corrected chi connectivity index (χ1v) is 6.63. The van der Waals surface area contributed by atoms with E-state index in [1.54, 1.807) is 0 Å². The van der Waals surface area contributed by atoms with Crippen molar-refractivity contribution in [3.05, 3.63) is 35.4 Å². The van der Waals surface area contributed by atoms with Gasteiger partial charge in [0.1, 0.15) is 0 Å². The summed E-state index contributed by atoms with van der Waals surface area (Å²) in [6, 6.07) is 3.90. The van der Waals surface area contributed by atoms with Crippen molar-refractivity contribution in [3.63, 3.8) is 0 Å². The van der Waals surface area contributed by atoms with E-state index in [-0.39, 0.29) is 17.8 Å². The third-order valence-electron chi connectivity index (χ3n) is 3.89. The third kappa shape index (κ3) is 2.63. The Kier molecular flexibility index (Phi) is 3.52. The first kappa shape index (κ1) is 13.0. The molecule has 5 heteroatoms. The van der Waals surface area contributed by atoms with Gasteiger partial charge in [0.15, 0.2) is 11.6 Å². The van der Waals surface area contributed by atoms with Gasteiger partial charge in [0.25, 0.3) is 0 Å². The molecular formula is C14H17F2NO2. The molecular weight excluding hydrogens is 252 g/mol. The van der Waals surface area contributed by atoms with E-state index in [0.29, 0.717) is 6.54 Å². The summed E-state index contributed by atoms with van der Waals surface area (Å²) in [5.41, 5.74) is 0.0267. The lowest BCUT2D eigenvalue weighted by Crippen LogP contribution is -2.44. The number of nitrogens with zero attached hydrogens (tertiary/aromatic N) is 1. The van der Waals surface area contributed by atoms with Gasteiger partial charge < -0.3 is 9.84 Å². The molecule has 0 radical (unpaired) electrons. The van der Waals surface area contributed by atoms with Gasteiger partial charge >= 0.3 is 0 Å². The predicted molar refractivity (Wildman–Crippen MR) is 65.7 cm³/mol. The number of halogens is 2. The van der Waals surface area contributed by atoms with Crippen LogP contribution in [0.2, 0.25) is 0 Å². The average molecular weight is 269 g/mol. The highest BCUT2D eigenvalue weighted by atomic mass is 19.2. The highest BCUT2D eigenvalue weighted by Crippen LogP contribution is 2.28. The van der Waals surface area contributed by atoms with Crippen molar-refractivity contribution in [1.29, 1.82) is 0 Å². The Morgan fingerprint density at radius 2 is 1.95 bits per heavy atom. The van der Waals surface area contributed by atoms with E-state index in [4.69, 9.17) is 4.74 Å². The van der Waals surface area contributed by atoms with E-state index in [0.717, 1.165) is 32.0 Å². The molecule has 2 aliphatic rings. The van der Waals surface area contributed by atoms with Crippen molar-refractivity contribution in [2.75, 3.05) is 19.6 Å². The average Bonchev–Trinajstić information content (AvgIpc) is 2.72. The van der Waals surface area contributed by atoms with Gasteiger partial charge in [0.2, 0.25) is 0 Å². The predicted octanol–water partition coefficient (Wildman–Crippen LogP) is 1.86. The lowest BCUT2D eigenvalue weighted by molar-refractivity contribution is -0.0500. The van der Waals surface area contributed by atoms with Crippen LogP contribution in [-0.2, 0) is 4.74 Å². The fraction of sp³-hybridized carbons (Fsp3) is 0.571. The summed E-state index contributed by atoms with van der Waals surface area (Å²) >= 11 is 0. The summed E-state index contributed by atoms with van der Waals surface area (Å²) in [6.45, 7) is 1.83. The van der Waals surface area contributed by atoms with Gasteiger partial charge in [-0.1, -0.05) is 12.1 Å². The largest absolute Gasteiger partial charge is 0.387 e. The number of hydrogen-bond acceptors (Lipinski definition) is 3. The van der Waals surface area contributed by atoms with Crippen molar-refractivity contribution in [2.24, 2.45) is 0 Å². The Morgan fingerprint density at radius 1 is 1.26 bits per heavy atom. The van der Waals surface area contributed by atoms with Crippen LogP contribution in [0.5, 0.6) is 0 Å². The summed E-state index contributed by atoms with van der Waals surface area (Å²) in [7, 11) is 0. The van der Waals surface area contributed by atoms with Gasteiger partial charge in [-0.3, -0.25) is 4.90 Å². The van der Waals surface area contributed by atoms with E-state index in [1.807, 2.05) is 0 Å². The number of β-amino-alcohol motifs (C(OH)–C–C–N with tert-alkyl or cyclic N) is 1. The van der Waals surface area contributed by atoms with Crippen LogP contribution in [0.4, 0.5) is 8.78 Å². The van der Waals surface area contributed by atoms with Crippen LogP contribution in [0.1, 0.15) is 24.5 Å². The first-order valence-electron chi connectivity index (χ1n) is 6.63. The molecule has 1 aromatic carbocycles. The van der Waals surface area contributed by atoms with Gasteiger partial charge in [-0.05, 0) is 18.9 Å². The van der Waals surface area contributed by atoms with Crippen LogP contribution in [0.25, 0.3) is 0 Å². The zero-order chi connectivity index (χ0) is 13.4. The minimum Gasteiger partial charge on any atom is -0.387 e. The standard InChI is InChI=1S/C14H17F2NO2/c15-12-3-1-2-11(14(12)16)13(18)8-17-6-9-4-5-10(7-17)19-9/h1-3,9-10,13,18H,4-8H2. The number of ether oxygens (including phenoxy) is 1. The Bertz CT molecular complexity index is 457. The molecule has 2 bridgehead atoms. The fourth-order valence-electron chi connectivity index (χ4n) is 2.97. The van der Waals surface area contributed by atoms with Gasteiger partial charge in [-0.25, -0.2) is 8.78 Å². The SMILES string of the molecule is OC(CN1CC2CCC(C1)O2)c1cccc(F)c1F. The number of likely N-dealkylation sites (tertiary alicyclic amines) is 1. The van der Waals surface area contributed by atoms with E-state index in [9.17, 15) is 13.9 Å². The van der Waals surface area contributed by atoms with Crippen molar-refractivity contribution >= 4 is 0 Å². The van der Waals surface area contributed by atoms with Gasteiger partial charge in [0.05, 0.1) is 18.3 Å². The molecule has 2 saturated heterocycles. The Hall–Kier alpha value is -1.04. The zero-order valence-corrected chi connectivity index (χ0v) is 10.6. The monoisotopic (exact) mass is 269 g/mol.